The minimum Gasteiger partial charge on any atom is -0.462 e. The number of hydrogen-bond donors (Lipinski definition) is 0. The third kappa shape index (κ3) is 3.36. The Balaban J connectivity index is 1.94. The van der Waals surface area contributed by atoms with Gasteiger partial charge in [0, 0.05) is 5.56 Å². The molecule has 1 heterocycles. The van der Waals surface area contributed by atoms with Gasteiger partial charge in [-0.2, -0.15) is 5.10 Å². The van der Waals surface area contributed by atoms with Crippen LogP contribution in [0.1, 0.15) is 17.3 Å². The molecule has 0 spiro atoms. The standard InChI is InChI=1S/C19H18N2O2S/c1-3-23-19(22)15-9-11-16(12-10-15)21-18(24-2)13-17(20-21)14-7-5-4-6-8-14/h4-13H,3H2,1-2H3. The van der Waals surface area contributed by atoms with Gasteiger partial charge in [0.15, 0.2) is 0 Å². The van der Waals surface area contributed by atoms with E-state index >= 15 is 0 Å². The molecule has 4 nitrogen and oxygen atoms in total. The Hall–Kier alpha value is -2.53. The molecule has 5 heteroatoms. The number of aromatic nitrogens is 2. The zero-order valence-electron chi connectivity index (χ0n) is 13.6. The Labute approximate surface area is 145 Å². The number of esters is 1. The Kier molecular flexibility index (Phi) is 5.01. The number of ether oxygens (including phenoxy) is 1. The van der Waals surface area contributed by atoms with Crippen molar-refractivity contribution in [1.82, 2.24) is 9.78 Å². The normalized spacial score (nSPS) is 10.6. The first-order valence-electron chi connectivity index (χ1n) is 7.70. The zero-order chi connectivity index (χ0) is 16.9. The fourth-order valence-corrected chi connectivity index (χ4v) is 2.95. The van der Waals surface area contributed by atoms with Crippen molar-refractivity contribution in [3.05, 3.63) is 66.2 Å². The van der Waals surface area contributed by atoms with Gasteiger partial charge in [-0.1, -0.05) is 30.3 Å². The molecule has 0 saturated carbocycles. The quantitative estimate of drug-likeness (QED) is 0.510. The summed E-state index contributed by atoms with van der Waals surface area (Å²) in [5.41, 5.74) is 3.46. The minimum absolute atomic E-state index is 0.306. The highest BCUT2D eigenvalue weighted by Gasteiger charge is 2.12. The van der Waals surface area contributed by atoms with Gasteiger partial charge in [-0.05, 0) is 43.5 Å². The van der Waals surface area contributed by atoms with Crippen LogP contribution in [-0.2, 0) is 4.74 Å². The Morgan fingerprint density at radius 3 is 2.46 bits per heavy atom. The largest absolute Gasteiger partial charge is 0.462 e. The fourth-order valence-electron chi connectivity index (χ4n) is 2.40. The maximum Gasteiger partial charge on any atom is 0.338 e. The van der Waals surface area contributed by atoms with Gasteiger partial charge in [-0.3, -0.25) is 0 Å². The van der Waals surface area contributed by atoms with Crippen molar-refractivity contribution < 1.29 is 9.53 Å². The van der Waals surface area contributed by atoms with E-state index in [9.17, 15) is 4.79 Å². The highest BCUT2D eigenvalue weighted by Crippen LogP contribution is 2.26. The first-order valence-corrected chi connectivity index (χ1v) is 8.92. The van der Waals surface area contributed by atoms with E-state index in [2.05, 4.69) is 6.07 Å². The summed E-state index contributed by atoms with van der Waals surface area (Å²) in [6.07, 6.45) is 2.02. The van der Waals surface area contributed by atoms with Crippen molar-refractivity contribution in [3.8, 4) is 16.9 Å². The van der Waals surface area contributed by atoms with E-state index in [0.29, 0.717) is 12.2 Å². The number of carbonyl (C=O) groups excluding carboxylic acids is 1. The Bertz CT molecular complexity index is 826. The van der Waals surface area contributed by atoms with Crippen LogP contribution in [0.25, 0.3) is 16.9 Å². The molecule has 0 aliphatic rings. The fraction of sp³-hybridized carbons (Fsp3) is 0.158. The predicted molar refractivity (Wildman–Crippen MR) is 96.7 cm³/mol. The SMILES string of the molecule is CCOC(=O)c1ccc(-n2nc(-c3ccccc3)cc2SC)cc1. The molecule has 0 radical (unpaired) electrons. The van der Waals surface area contributed by atoms with Crippen molar-refractivity contribution in [1.29, 1.82) is 0 Å². The summed E-state index contributed by atoms with van der Waals surface area (Å²) >= 11 is 1.63. The molecule has 0 unspecified atom stereocenters. The lowest BCUT2D eigenvalue weighted by atomic mass is 10.2. The van der Waals surface area contributed by atoms with Crippen LogP contribution in [-0.4, -0.2) is 28.6 Å². The van der Waals surface area contributed by atoms with E-state index in [1.165, 1.54) is 0 Å². The Morgan fingerprint density at radius 2 is 1.83 bits per heavy atom. The molecular weight excluding hydrogens is 320 g/mol. The van der Waals surface area contributed by atoms with E-state index in [0.717, 1.165) is 22.0 Å². The molecule has 3 rings (SSSR count). The van der Waals surface area contributed by atoms with Gasteiger partial charge >= 0.3 is 5.97 Å². The van der Waals surface area contributed by atoms with Crippen molar-refractivity contribution in [2.24, 2.45) is 0 Å². The van der Waals surface area contributed by atoms with E-state index in [1.54, 1.807) is 30.8 Å². The molecule has 0 N–H and O–H groups in total. The lowest BCUT2D eigenvalue weighted by Crippen LogP contribution is -2.05. The van der Waals surface area contributed by atoms with Crippen molar-refractivity contribution in [2.45, 2.75) is 11.9 Å². The third-order valence-corrected chi connectivity index (χ3v) is 4.29. The van der Waals surface area contributed by atoms with Crippen LogP contribution < -0.4 is 0 Å². The van der Waals surface area contributed by atoms with Crippen LogP contribution >= 0.6 is 11.8 Å². The number of rotatable bonds is 5. The van der Waals surface area contributed by atoms with E-state index in [4.69, 9.17) is 9.84 Å². The van der Waals surface area contributed by atoms with Gasteiger partial charge in [-0.15, -0.1) is 11.8 Å². The van der Waals surface area contributed by atoms with Crippen molar-refractivity contribution >= 4 is 17.7 Å². The summed E-state index contributed by atoms with van der Waals surface area (Å²) in [5.74, 6) is -0.306. The van der Waals surface area contributed by atoms with Crippen LogP contribution in [0.15, 0.2) is 65.7 Å². The van der Waals surface area contributed by atoms with Crippen LogP contribution in [0, 0.1) is 0 Å². The molecule has 3 aromatic rings. The maximum absolute atomic E-state index is 11.8. The summed E-state index contributed by atoms with van der Waals surface area (Å²) in [7, 11) is 0. The zero-order valence-corrected chi connectivity index (χ0v) is 14.4. The van der Waals surface area contributed by atoms with E-state index in [1.807, 2.05) is 53.4 Å². The second-order valence-corrected chi connectivity index (χ2v) is 5.94. The van der Waals surface area contributed by atoms with Crippen molar-refractivity contribution in [2.75, 3.05) is 12.9 Å². The molecule has 0 aliphatic carbocycles. The number of benzene rings is 2. The minimum atomic E-state index is -0.306. The second-order valence-electron chi connectivity index (χ2n) is 5.12. The maximum atomic E-state index is 11.8. The highest BCUT2D eigenvalue weighted by molar-refractivity contribution is 7.98. The lowest BCUT2D eigenvalue weighted by molar-refractivity contribution is 0.0526. The molecule has 1 aromatic heterocycles. The van der Waals surface area contributed by atoms with Gasteiger partial charge in [0.25, 0.3) is 0 Å². The molecule has 2 aromatic carbocycles. The van der Waals surface area contributed by atoms with Gasteiger partial charge in [0.2, 0.25) is 0 Å². The van der Waals surface area contributed by atoms with E-state index < -0.39 is 0 Å². The topological polar surface area (TPSA) is 44.1 Å². The summed E-state index contributed by atoms with van der Waals surface area (Å²) in [6.45, 7) is 2.17. The van der Waals surface area contributed by atoms with Crippen molar-refractivity contribution in [3.63, 3.8) is 0 Å². The second kappa shape index (κ2) is 7.36. The first-order chi connectivity index (χ1) is 11.7. The molecule has 0 aliphatic heterocycles. The molecule has 122 valence electrons. The molecule has 0 amide bonds. The number of hydrogen-bond acceptors (Lipinski definition) is 4. The van der Waals surface area contributed by atoms with Crippen LogP contribution in [0.2, 0.25) is 0 Å². The average Bonchev–Trinajstić information content (AvgIpc) is 3.07. The van der Waals surface area contributed by atoms with Gasteiger partial charge in [-0.25, -0.2) is 9.48 Å². The number of nitrogens with zero attached hydrogens (tertiary/aromatic N) is 2. The van der Waals surface area contributed by atoms with E-state index in [-0.39, 0.29) is 5.97 Å². The first kappa shape index (κ1) is 16.3. The molecule has 0 saturated heterocycles. The molecular formula is C19H18N2O2S. The van der Waals surface area contributed by atoms with Crippen LogP contribution in [0.4, 0.5) is 0 Å². The monoisotopic (exact) mass is 338 g/mol. The summed E-state index contributed by atoms with van der Waals surface area (Å²) in [4.78, 5) is 11.8. The van der Waals surface area contributed by atoms with Gasteiger partial charge in [0.05, 0.1) is 23.6 Å². The summed E-state index contributed by atoms with van der Waals surface area (Å²) in [5, 5.41) is 5.75. The smallest absolute Gasteiger partial charge is 0.338 e. The molecule has 0 bridgehead atoms. The van der Waals surface area contributed by atoms with Crippen LogP contribution in [0.5, 0.6) is 0 Å². The number of thioether (sulfide) groups is 1. The predicted octanol–water partition coefficient (Wildman–Crippen LogP) is 4.44. The third-order valence-electron chi connectivity index (χ3n) is 3.58. The average molecular weight is 338 g/mol. The molecule has 0 atom stereocenters. The summed E-state index contributed by atoms with van der Waals surface area (Å²) in [6, 6.07) is 19.4. The highest BCUT2D eigenvalue weighted by atomic mass is 32.2. The van der Waals surface area contributed by atoms with Gasteiger partial charge in [0.1, 0.15) is 5.03 Å². The number of carbonyl (C=O) groups is 1. The lowest BCUT2D eigenvalue weighted by Gasteiger charge is -2.06. The summed E-state index contributed by atoms with van der Waals surface area (Å²) < 4.78 is 6.91. The molecule has 0 fully saturated rings. The van der Waals surface area contributed by atoms with Gasteiger partial charge < -0.3 is 4.74 Å². The Morgan fingerprint density at radius 1 is 1.12 bits per heavy atom. The molecule has 24 heavy (non-hydrogen) atoms. The van der Waals surface area contributed by atoms with Crippen LogP contribution in [0.3, 0.4) is 0 Å².